The van der Waals surface area contributed by atoms with Crippen molar-refractivity contribution in [3.8, 4) is 0 Å². The fourth-order valence-corrected chi connectivity index (χ4v) is 3.87. The van der Waals surface area contributed by atoms with Gasteiger partial charge >= 0.3 is 0 Å². The molecule has 0 radical (unpaired) electrons. The van der Waals surface area contributed by atoms with Crippen molar-refractivity contribution in [2.24, 2.45) is 0 Å². The third-order valence-corrected chi connectivity index (χ3v) is 5.41. The molecule has 2 aromatic rings. The Kier molecular flexibility index (Phi) is 4.19. The van der Waals surface area contributed by atoms with Gasteiger partial charge in [-0.3, -0.25) is 0 Å². The van der Waals surface area contributed by atoms with Crippen LogP contribution in [0.5, 0.6) is 0 Å². The van der Waals surface area contributed by atoms with Crippen molar-refractivity contribution in [3.05, 3.63) is 66.6 Å². The Balaban J connectivity index is 2.11. The number of halogens is 4. The second-order valence-corrected chi connectivity index (χ2v) is 6.62. The van der Waals surface area contributed by atoms with Crippen LogP contribution in [0.25, 0.3) is 0 Å². The van der Waals surface area contributed by atoms with Gasteiger partial charge < -0.3 is 0 Å². The summed E-state index contributed by atoms with van der Waals surface area (Å²) in [7, 11) is 0. The Hall–Kier alpha value is -0.400. The Labute approximate surface area is 138 Å². The molecule has 0 spiro atoms. The lowest BCUT2D eigenvalue weighted by molar-refractivity contribution is 0.922. The monoisotopic (exact) mass is 344 g/mol. The van der Waals surface area contributed by atoms with Gasteiger partial charge in [0.05, 0.1) is 10.0 Å². The molecule has 0 unspecified atom stereocenters. The summed E-state index contributed by atoms with van der Waals surface area (Å²) in [5.41, 5.74) is 4.21. The first kappa shape index (κ1) is 14.5. The maximum atomic E-state index is 6.36. The first-order valence-corrected chi connectivity index (χ1v) is 8.00. The molecular weight excluding hydrogens is 334 g/mol. The molecule has 0 heterocycles. The molecule has 6 rings (SSSR count). The van der Waals surface area contributed by atoms with Gasteiger partial charge in [-0.15, -0.1) is 0 Å². The van der Waals surface area contributed by atoms with Gasteiger partial charge in [0.25, 0.3) is 0 Å². The third kappa shape index (κ3) is 2.67. The van der Waals surface area contributed by atoms with Crippen molar-refractivity contribution < 1.29 is 0 Å². The molecule has 0 saturated carbocycles. The highest BCUT2D eigenvalue weighted by atomic mass is 35.5. The fourth-order valence-electron chi connectivity index (χ4n) is 2.59. The third-order valence-electron chi connectivity index (χ3n) is 3.77. The van der Waals surface area contributed by atoms with E-state index in [9.17, 15) is 0 Å². The summed E-state index contributed by atoms with van der Waals surface area (Å²) in [6, 6.07) is 8.14. The molecule has 104 valence electrons. The minimum absolute atomic E-state index is 0.659. The SMILES string of the molecule is Clc1cc2cc(Cl)c1CCc1ccc(c(Cl)c1Cl)CC2. The van der Waals surface area contributed by atoms with Gasteiger partial charge in [-0.05, 0) is 60.1 Å². The average Bonchev–Trinajstić information content (AvgIpc) is 2.39. The molecule has 0 saturated heterocycles. The summed E-state index contributed by atoms with van der Waals surface area (Å²) < 4.78 is 0. The van der Waals surface area contributed by atoms with Crippen molar-refractivity contribution in [1.29, 1.82) is 0 Å². The molecule has 0 nitrogen and oxygen atoms in total. The van der Waals surface area contributed by atoms with Crippen LogP contribution in [-0.4, -0.2) is 0 Å². The minimum Gasteiger partial charge on any atom is -0.0840 e. The lowest BCUT2D eigenvalue weighted by Crippen LogP contribution is -2.01. The summed E-state index contributed by atoms with van der Waals surface area (Å²) in [4.78, 5) is 0. The summed E-state index contributed by atoms with van der Waals surface area (Å²) in [6.45, 7) is 0. The van der Waals surface area contributed by atoms with Gasteiger partial charge in [0, 0.05) is 10.0 Å². The molecular formula is C16H12Cl4. The van der Waals surface area contributed by atoms with Crippen LogP contribution in [0, 0.1) is 0 Å². The second-order valence-electron chi connectivity index (χ2n) is 5.05. The second kappa shape index (κ2) is 5.77. The molecule has 4 heteroatoms. The number of aryl methyl sites for hydroxylation is 3. The predicted molar refractivity (Wildman–Crippen MR) is 87.7 cm³/mol. The smallest absolute Gasteiger partial charge is 0.0627 e. The molecule has 0 N–H and O–H groups in total. The van der Waals surface area contributed by atoms with Crippen LogP contribution in [0.4, 0.5) is 0 Å². The Morgan fingerprint density at radius 1 is 0.650 bits per heavy atom. The summed E-state index contributed by atoms with van der Waals surface area (Å²) in [5.74, 6) is 0. The Morgan fingerprint density at radius 3 is 1.70 bits per heavy atom. The number of benzene rings is 2. The van der Waals surface area contributed by atoms with E-state index in [1.54, 1.807) is 0 Å². The highest BCUT2D eigenvalue weighted by Crippen LogP contribution is 2.34. The number of hydrogen-bond donors (Lipinski definition) is 0. The largest absolute Gasteiger partial charge is 0.0840 e. The zero-order valence-electron chi connectivity index (χ0n) is 10.6. The van der Waals surface area contributed by atoms with Crippen LogP contribution in [0.2, 0.25) is 20.1 Å². The van der Waals surface area contributed by atoms with E-state index in [1.807, 2.05) is 12.1 Å². The van der Waals surface area contributed by atoms with E-state index in [0.717, 1.165) is 58.0 Å². The molecule has 20 heavy (non-hydrogen) atoms. The van der Waals surface area contributed by atoms with E-state index in [2.05, 4.69) is 12.1 Å². The minimum atomic E-state index is 0.659. The molecule has 0 aromatic heterocycles. The molecule has 0 fully saturated rings. The van der Waals surface area contributed by atoms with Crippen LogP contribution in [0.15, 0.2) is 24.3 Å². The van der Waals surface area contributed by atoms with Crippen LogP contribution in [0.1, 0.15) is 22.3 Å². The highest BCUT2D eigenvalue weighted by Gasteiger charge is 2.15. The van der Waals surface area contributed by atoms with E-state index < -0.39 is 0 Å². The van der Waals surface area contributed by atoms with E-state index in [0.29, 0.717) is 10.0 Å². The molecule has 4 bridgehead atoms. The average molecular weight is 346 g/mol. The van der Waals surface area contributed by atoms with Crippen molar-refractivity contribution in [1.82, 2.24) is 0 Å². The quantitative estimate of drug-likeness (QED) is 0.534. The maximum absolute atomic E-state index is 6.36. The first-order chi connectivity index (χ1) is 9.56. The van der Waals surface area contributed by atoms with E-state index in [1.165, 1.54) is 0 Å². The van der Waals surface area contributed by atoms with Crippen LogP contribution in [-0.2, 0) is 25.7 Å². The molecule has 0 atom stereocenters. The van der Waals surface area contributed by atoms with Gasteiger partial charge in [0.2, 0.25) is 0 Å². The molecule has 0 amide bonds. The normalized spacial score (nSPS) is 14.2. The first-order valence-electron chi connectivity index (χ1n) is 6.49. The zero-order chi connectivity index (χ0) is 14.3. The molecule has 2 aromatic carbocycles. The van der Waals surface area contributed by atoms with Crippen molar-refractivity contribution in [2.45, 2.75) is 25.7 Å². The Bertz CT molecular complexity index is 653. The van der Waals surface area contributed by atoms with Gasteiger partial charge in [-0.2, -0.15) is 0 Å². The molecule has 4 aliphatic carbocycles. The topological polar surface area (TPSA) is 0 Å². The van der Waals surface area contributed by atoms with Gasteiger partial charge in [-0.1, -0.05) is 58.5 Å². The van der Waals surface area contributed by atoms with E-state index in [4.69, 9.17) is 46.4 Å². The highest BCUT2D eigenvalue weighted by molar-refractivity contribution is 6.43. The van der Waals surface area contributed by atoms with Gasteiger partial charge in [0.1, 0.15) is 0 Å². The van der Waals surface area contributed by atoms with Crippen molar-refractivity contribution >= 4 is 46.4 Å². The summed E-state index contributed by atoms with van der Waals surface area (Å²) in [6.07, 6.45) is 3.20. The number of hydrogen-bond acceptors (Lipinski definition) is 0. The van der Waals surface area contributed by atoms with Crippen molar-refractivity contribution in [3.63, 3.8) is 0 Å². The lowest BCUT2D eigenvalue weighted by atomic mass is 9.96. The van der Waals surface area contributed by atoms with Crippen LogP contribution >= 0.6 is 46.4 Å². The van der Waals surface area contributed by atoms with Crippen LogP contribution in [0.3, 0.4) is 0 Å². The van der Waals surface area contributed by atoms with Crippen LogP contribution < -0.4 is 0 Å². The van der Waals surface area contributed by atoms with Crippen molar-refractivity contribution in [2.75, 3.05) is 0 Å². The van der Waals surface area contributed by atoms with E-state index >= 15 is 0 Å². The fraction of sp³-hybridized carbons (Fsp3) is 0.250. The predicted octanol–water partition coefficient (Wildman–Crippen LogP) is 6.18. The molecule has 4 aliphatic rings. The maximum Gasteiger partial charge on any atom is 0.0627 e. The van der Waals surface area contributed by atoms with Gasteiger partial charge in [0.15, 0.2) is 0 Å². The van der Waals surface area contributed by atoms with Gasteiger partial charge in [-0.25, -0.2) is 0 Å². The van der Waals surface area contributed by atoms with E-state index in [-0.39, 0.29) is 0 Å². The lowest BCUT2D eigenvalue weighted by Gasteiger charge is -2.15. The zero-order valence-corrected chi connectivity index (χ0v) is 13.7. The summed E-state index contributed by atoms with van der Waals surface area (Å²) >= 11 is 25.4. The molecule has 0 aliphatic heterocycles. The Morgan fingerprint density at radius 2 is 1.15 bits per heavy atom. The standard InChI is InChI=1S/C16H12Cl4/c17-13-7-9-1-2-10-3-4-11(16(20)15(10)19)5-6-12(13)14(18)8-9/h3-4,7-8H,1-2,5-6H2. The summed E-state index contributed by atoms with van der Waals surface area (Å²) in [5, 5.41) is 2.82. The number of rotatable bonds is 0.